The number of aromatic nitrogens is 2. The van der Waals surface area contributed by atoms with Gasteiger partial charge in [0.25, 0.3) is 0 Å². The van der Waals surface area contributed by atoms with E-state index >= 15 is 0 Å². The number of rotatable bonds is 6. The van der Waals surface area contributed by atoms with Crippen molar-refractivity contribution in [3.8, 4) is 0 Å². The van der Waals surface area contributed by atoms with Crippen LogP contribution in [0.15, 0.2) is 12.4 Å². The van der Waals surface area contributed by atoms with Crippen molar-refractivity contribution in [2.45, 2.75) is 38.6 Å². The summed E-state index contributed by atoms with van der Waals surface area (Å²) in [5.74, 6) is 1.89. The minimum Gasteiger partial charge on any atom is -0.370 e. The van der Waals surface area contributed by atoms with E-state index in [4.69, 9.17) is 0 Å². The second-order valence-corrected chi connectivity index (χ2v) is 5.15. The van der Waals surface area contributed by atoms with E-state index in [1.54, 1.807) is 6.33 Å². The SMILES string of the molecule is CCNc1cc(N(C)CCC2CCCCN2)ncn1. The molecular formula is C14H25N5. The smallest absolute Gasteiger partial charge is 0.133 e. The Balaban J connectivity index is 1.84. The third kappa shape index (κ3) is 4.35. The second kappa shape index (κ2) is 7.28. The van der Waals surface area contributed by atoms with Crippen LogP contribution in [0.25, 0.3) is 0 Å². The summed E-state index contributed by atoms with van der Waals surface area (Å²) in [7, 11) is 2.10. The van der Waals surface area contributed by atoms with E-state index in [0.717, 1.165) is 24.7 Å². The van der Waals surface area contributed by atoms with Gasteiger partial charge in [-0.05, 0) is 32.7 Å². The molecule has 1 unspecified atom stereocenters. The highest BCUT2D eigenvalue weighted by molar-refractivity contribution is 5.47. The average molecular weight is 263 g/mol. The average Bonchev–Trinajstić information content (AvgIpc) is 2.46. The van der Waals surface area contributed by atoms with Crippen LogP contribution in [0.2, 0.25) is 0 Å². The van der Waals surface area contributed by atoms with Gasteiger partial charge in [-0.15, -0.1) is 0 Å². The number of hydrogen-bond donors (Lipinski definition) is 2. The van der Waals surface area contributed by atoms with E-state index in [9.17, 15) is 0 Å². The monoisotopic (exact) mass is 263 g/mol. The third-order valence-electron chi connectivity index (χ3n) is 3.63. The van der Waals surface area contributed by atoms with Crippen molar-refractivity contribution in [2.24, 2.45) is 0 Å². The van der Waals surface area contributed by atoms with Gasteiger partial charge >= 0.3 is 0 Å². The molecule has 0 amide bonds. The topological polar surface area (TPSA) is 53.1 Å². The minimum atomic E-state index is 0.672. The highest BCUT2D eigenvalue weighted by Crippen LogP contribution is 2.15. The first kappa shape index (κ1) is 14.1. The van der Waals surface area contributed by atoms with Crippen LogP contribution in [0.1, 0.15) is 32.6 Å². The molecule has 0 spiro atoms. The van der Waals surface area contributed by atoms with Gasteiger partial charge in [0.2, 0.25) is 0 Å². The zero-order chi connectivity index (χ0) is 13.5. The molecule has 1 aromatic heterocycles. The lowest BCUT2D eigenvalue weighted by Crippen LogP contribution is -2.36. The highest BCUT2D eigenvalue weighted by Gasteiger charge is 2.13. The highest BCUT2D eigenvalue weighted by atomic mass is 15.2. The first-order chi connectivity index (χ1) is 9.29. The van der Waals surface area contributed by atoms with Crippen molar-refractivity contribution in [3.63, 3.8) is 0 Å². The molecule has 0 aliphatic carbocycles. The molecule has 5 nitrogen and oxygen atoms in total. The summed E-state index contributed by atoms with van der Waals surface area (Å²) in [5.41, 5.74) is 0. The molecule has 19 heavy (non-hydrogen) atoms. The molecule has 106 valence electrons. The number of piperidine rings is 1. The number of hydrogen-bond acceptors (Lipinski definition) is 5. The fourth-order valence-corrected chi connectivity index (χ4v) is 2.47. The van der Waals surface area contributed by atoms with Gasteiger partial charge in [-0.3, -0.25) is 0 Å². The molecule has 5 heteroatoms. The van der Waals surface area contributed by atoms with E-state index in [2.05, 4.69) is 39.5 Å². The normalized spacial score (nSPS) is 19.2. The summed E-state index contributed by atoms with van der Waals surface area (Å²) in [5, 5.41) is 6.80. The summed E-state index contributed by atoms with van der Waals surface area (Å²) >= 11 is 0. The van der Waals surface area contributed by atoms with Crippen molar-refractivity contribution in [1.82, 2.24) is 15.3 Å². The van der Waals surface area contributed by atoms with Gasteiger partial charge in [0, 0.05) is 32.2 Å². The van der Waals surface area contributed by atoms with Crippen molar-refractivity contribution in [2.75, 3.05) is 36.9 Å². The molecule has 1 aromatic rings. The molecule has 0 radical (unpaired) electrons. The van der Waals surface area contributed by atoms with Crippen LogP contribution < -0.4 is 15.5 Å². The van der Waals surface area contributed by atoms with Gasteiger partial charge in [0.15, 0.2) is 0 Å². The van der Waals surface area contributed by atoms with Crippen molar-refractivity contribution in [1.29, 1.82) is 0 Å². The molecule has 0 bridgehead atoms. The zero-order valence-electron chi connectivity index (χ0n) is 12.0. The Kier molecular flexibility index (Phi) is 5.39. The summed E-state index contributed by atoms with van der Waals surface area (Å²) < 4.78 is 0. The Morgan fingerprint density at radius 3 is 3.05 bits per heavy atom. The first-order valence-electron chi connectivity index (χ1n) is 7.30. The Hall–Kier alpha value is -1.36. The van der Waals surface area contributed by atoms with Gasteiger partial charge in [-0.2, -0.15) is 0 Å². The number of anilines is 2. The van der Waals surface area contributed by atoms with Crippen LogP contribution in [0.5, 0.6) is 0 Å². The van der Waals surface area contributed by atoms with Crippen molar-refractivity contribution >= 4 is 11.6 Å². The predicted molar refractivity (Wildman–Crippen MR) is 79.7 cm³/mol. The fourth-order valence-electron chi connectivity index (χ4n) is 2.47. The molecule has 1 atom stereocenters. The summed E-state index contributed by atoms with van der Waals surface area (Å²) in [6, 6.07) is 2.68. The lowest BCUT2D eigenvalue weighted by Gasteiger charge is -2.26. The lowest BCUT2D eigenvalue weighted by atomic mass is 10.0. The Labute approximate surface area is 115 Å². The summed E-state index contributed by atoms with van der Waals surface area (Å²) in [6.07, 6.45) is 6.80. The third-order valence-corrected chi connectivity index (χ3v) is 3.63. The van der Waals surface area contributed by atoms with Gasteiger partial charge in [0.1, 0.15) is 18.0 Å². The van der Waals surface area contributed by atoms with Crippen LogP contribution in [0, 0.1) is 0 Å². The second-order valence-electron chi connectivity index (χ2n) is 5.15. The van der Waals surface area contributed by atoms with Gasteiger partial charge in [-0.1, -0.05) is 6.42 Å². The molecule has 2 N–H and O–H groups in total. The molecule has 2 heterocycles. The molecule has 1 fully saturated rings. The lowest BCUT2D eigenvalue weighted by molar-refractivity contribution is 0.384. The first-order valence-corrected chi connectivity index (χ1v) is 7.30. The van der Waals surface area contributed by atoms with Crippen molar-refractivity contribution in [3.05, 3.63) is 12.4 Å². The maximum absolute atomic E-state index is 4.34. The van der Waals surface area contributed by atoms with Crippen LogP contribution in [0.3, 0.4) is 0 Å². The van der Waals surface area contributed by atoms with E-state index in [1.165, 1.54) is 32.2 Å². The summed E-state index contributed by atoms with van der Waals surface area (Å²) in [6.45, 7) is 5.15. The van der Waals surface area contributed by atoms with E-state index < -0.39 is 0 Å². The van der Waals surface area contributed by atoms with Crippen LogP contribution in [-0.2, 0) is 0 Å². The van der Waals surface area contributed by atoms with Crippen molar-refractivity contribution < 1.29 is 0 Å². The quantitative estimate of drug-likeness (QED) is 0.820. The largest absolute Gasteiger partial charge is 0.370 e. The van der Waals surface area contributed by atoms with Gasteiger partial charge < -0.3 is 15.5 Å². The van der Waals surface area contributed by atoms with Crippen LogP contribution in [-0.4, -0.2) is 42.7 Å². The fraction of sp³-hybridized carbons (Fsp3) is 0.714. The summed E-state index contributed by atoms with van der Waals surface area (Å²) in [4.78, 5) is 10.7. The van der Waals surface area contributed by atoms with Gasteiger partial charge in [0.05, 0.1) is 0 Å². The Morgan fingerprint density at radius 2 is 2.32 bits per heavy atom. The minimum absolute atomic E-state index is 0.672. The molecule has 0 aromatic carbocycles. The zero-order valence-corrected chi connectivity index (χ0v) is 12.0. The Bertz CT molecular complexity index is 376. The van der Waals surface area contributed by atoms with Crippen LogP contribution >= 0.6 is 0 Å². The van der Waals surface area contributed by atoms with E-state index in [1.807, 2.05) is 6.07 Å². The van der Waals surface area contributed by atoms with Crippen LogP contribution in [0.4, 0.5) is 11.6 Å². The Morgan fingerprint density at radius 1 is 1.42 bits per heavy atom. The maximum atomic E-state index is 4.34. The number of nitrogens with one attached hydrogen (secondary N) is 2. The van der Waals surface area contributed by atoms with E-state index in [0.29, 0.717) is 6.04 Å². The van der Waals surface area contributed by atoms with Gasteiger partial charge in [-0.25, -0.2) is 9.97 Å². The number of nitrogens with zero attached hydrogens (tertiary/aromatic N) is 3. The molecular weight excluding hydrogens is 238 g/mol. The molecule has 2 rings (SSSR count). The molecule has 1 aliphatic heterocycles. The predicted octanol–water partition coefficient (Wildman–Crippen LogP) is 1.88. The standard InChI is InChI=1S/C14H25N5/c1-3-15-13-10-14(18-11-17-13)19(2)9-7-12-6-4-5-8-16-12/h10-12,16H,3-9H2,1-2H3,(H,15,17,18). The molecule has 1 saturated heterocycles. The molecule has 0 saturated carbocycles. The molecule has 1 aliphatic rings. The maximum Gasteiger partial charge on any atom is 0.133 e. The van der Waals surface area contributed by atoms with E-state index in [-0.39, 0.29) is 0 Å².